The van der Waals surface area contributed by atoms with E-state index in [1.54, 1.807) is 0 Å². The van der Waals surface area contributed by atoms with Crippen LogP contribution >= 0.6 is 35.0 Å². The van der Waals surface area contributed by atoms with Gasteiger partial charge in [0.25, 0.3) is 6.43 Å². The Labute approximate surface area is 139 Å². The van der Waals surface area contributed by atoms with Crippen molar-refractivity contribution >= 4 is 35.0 Å². The summed E-state index contributed by atoms with van der Waals surface area (Å²) in [5.41, 5.74) is -2.89. The molecule has 1 heterocycles. The lowest BCUT2D eigenvalue weighted by Gasteiger charge is -2.10. The van der Waals surface area contributed by atoms with Gasteiger partial charge in [0.1, 0.15) is 5.69 Å². The molecule has 1 aromatic carbocycles. The number of nitrogens with zero attached hydrogens (tertiary/aromatic N) is 1. The minimum atomic E-state index is -4.75. The zero-order valence-electron chi connectivity index (χ0n) is 10.7. The Morgan fingerprint density at radius 3 is 2.22 bits per heavy atom. The molecule has 0 aliphatic heterocycles. The largest absolute Gasteiger partial charge is 0.452 e. The summed E-state index contributed by atoms with van der Waals surface area (Å²) in [4.78, 5) is -0.115. The zero-order valence-corrected chi connectivity index (χ0v) is 13.0. The van der Waals surface area contributed by atoms with E-state index in [4.69, 9.17) is 23.2 Å². The average Bonchev–Trinajstić information content (AvgIpc) is 2.91. The highest BCUT2D eigenvalue weighted by Gasteiger charge is 2.36. The quantitative estimate of drug-likeness (QED) is 0.447. The first-order valence-corrected chi connectivity index (χ1v) is 7.35. The first kappa shape index (κ1) is 18.3. The Morgan fingerprint density at radius 2 is 1.70 bits per heavy atom. The molecule has 0 aliphatic carbocycles. The van der Waals surface area contributed by atoms with Gasteiger partial charge >= 0.3 is 6.18 Å². The molecule has 1 unspecified atom stereocenters. The van der Waals surface area contributed by atoms with Crippen LogP contribution in [0.15, 0.2) is 27.6 Å². The van der Waals surface area contributed by atoms with E-state index in [1.165, 1.54) is 0 Å². The van der Waals surface area contributed by atoms with Crippen LogP contribution in [0.2, 0.25) is 10.0 Å². The Kier molecular flexibility index (Phi) is 5.42. The topological polar surface area (TPSA) is 26.0 Å². The molecule has 126 valence electrons. The van der Waals surface area contributed by atoms with E-state index in [0.717, 1.165) is 12.1 Å². The molecule has 11 heteroatoms. The maximum absolute atomic E-state index is 13.1. The van der Waals surface area contributed by atoms with Gasteiger partial charge in [0, 0.05) is 16.5 Å². The summed E-state index contributed by atoms with van der Waals surface area (Å²) in [6.07, 6.45) is -8.00. The van der Waals surface area contributed by atoms with Crippen molar-refractivity contribution in [3.8, 4) is 11.3 Å². The fourth-order valence-electron chi connectivity index (χ4n) is 1.52. The van der Waals surface area contributed by atoms with E-state index < -0.39 is 23.9 Å². The second-order valence-electron chi connectivity index (χ2n) is 4.14. The Hall–Kier alpha value is -1.06. The van der Waals surface area contributed by atoms with Gasteiger partial charge in [0.15, 0.2) is 0 Å². The van der Waals surface area contributed by atoms with Crippen molar-refractivity contribution in [3.63, 3.8) is 0 Å². The number of benzene rings is 1. The Morgan fingerprint density at radius 1 is 1.04 bits per heavy atom. The molecule has 0 saturated heterocycles. The molecule has 2 aromatic rings. The summed E-state index contributed by atoms with van der Waals surface area (Å²) in [7, 11) is 0. The van der Waals surface area contributed by atoms with E-state index in [-0.39, 0.29) is 38.0 Å². The van der Waals surface area contributed by atoms with Crippen molar-refractivity contribution in [3.05, 3.63) is 34.0 Å². The molecule has 1 aromatic heterocycles. The van der Waals surface area contributed by atoms with E-state index >= 15 is 0 Å². The lowest BCUT2D eigenvalue weighted by molar-refractivity contribution is -0.155. The highest BCUT2D eigenvalue weighted by atomic mass is 35.5. The van der Waals surface area contributed by atoms with Crippen LogP contribution < -0.4 is 0 Å². The molecule has 0 N–H and O–H groups in total. The van der Waals surface area contributed by atoms with Crippen LogP contribution in [0.3, 0.4) is 0 Å². The number of halogens is 8. The monoisotopic (exact) mass is 395 g/mol. The summed E-state index contributed by atoms with van der Waals surface area (Å²) < 4.78 is 79.3. The lowest BCUT2D eigenvalue weighted by Crippen LogP contribution is -2.06. The summed E-state index contributed by atoms with van der Waals surface area (Å²) >= 11 is 11.8. The van der Waals surface area contributed by atoms with Crippen molar-refractivity contribution in [1.29, 1.82) is 0 Å². The van der Waals surface area contributed by atoms with Gasteiger partial charge in [0.2, 0.25) is 11.3 Å². The molecule has 2 rings (SSSR count). The van der Waals surface area contributed by atoms with Gasteiger partial charge in [-0.05, 0) is 12.1 Å². The summed E-state index contributed by atoms with van der Waals surface area (Å²) in [5.74, 6) is -1.36. The number of alkyl halides is 6. The van der Waals surface area contributed by atoms with Crippen molar-refractivity contribution in [2.45, 2.75) is 23.0 Å². The number of hydrogen-bond acceptors (Lipinski definition) is 3. The number of thioether (sulfide) groups is 1. The zero-order chi connectivity index (χ0) is 17.4. The molecule has 0 aliphatic rings. The van der Waals surface area contributed by atoms with Gasteiger partial charge in [-0.1, -0.05) is 40.1 Å². The van der Waals surface area contributed by atoms with Crippen LogP contribution in [0.25, 0.3) is 11.3 Å². The standard InChI is InChI=1S/C12H5Cl2F6NOS/c13-5-2-6(14)8(23-11(17)10(15)16)1-4(5)7-3-9(22-21-7)12(18,19)20/h1-3,10-11H. The van der Waals surface area contributed by atoms with E-state index in [2.05, 4.69) is 9.68 Å². The molecular formula is C12H5Cl2F6NOS. The Balaban J connectivity index is 2.41. The maximum Gasteiger partial charge on any atom is 0.452 e. The predicted octanol–water partition coefficient (Wildman–Crippen LogP) is 6.32. The second kappa shape index (κ2) is 6.82. The molecule has 0 amide bonds. The molecule has 2 nitrogen and oxygen atoms in total. The van der Waals surface area contributed by atoms with Gasteiger partial charge in [-0.15, -0.1) is 0 Å². The molecule has 0 saturated carbocycles. The smallest absolute Gasteiger partial charge is 0.351 e. The van der Waals surface area contributed by atoms with E-state index in [0.29, 0.717) is 6.07 Å². The first-order valence-electron chi connectivity index (χ1n) is 5.72. The van der Waals surface area contributed by atoms with Crippen molar-refractivity contribution in [1.82, 2.24) is 5.16 Å². The van der Waals surface area contributed by atoms with E-state index in [9.17, 15) is 26.3 Å². The second-order valence-corrected chi connectivity index (χ2v) is 6.08. The maximum atomic E-state index is 13.1. The van der Waals surface area contributed by atoms with Gasteiger partial charge in [0.05, 0.1) is 10.0 Å². The van der Waals surface area contributed by atoms with Crippen LogP contribution in [-0.2, 0) is 6.18 Å². The van der Waals surface area contributed by atoms with Crippen LogP contribution in [0, 0.1) is 0 Å². The fourth-order valence-corrected chi connectivity index (χ4v) is 2.84. The summed E-state index contributed by atoms with van der Waals surface area (Å²) in [6.45, 7) is 0. The number of hydrogen-bond donors (Lipinski definition) is 0. The van der Waals surface area contributed by atoms with Crippen LogP contribution in [0.1, 0.15) is 5.76 Å². The first-order chi connectivity index (χ1) is 10.6. The predicted molar refractivity (Wildman–Crippen MR) is 73.7 cm³/mol. The van der Waals surface area contributed by atoms with Gasteiger partial charge in [-0.2, -0.15) is 13.2 Å². The molecule has 1 atom stereocenters. The summed E-state index contributed by atoms with van der Waals surface area (Å²) in [6, 6.07) is 2.76. The molecule has 0 radical (unpaired) electrons. The van der Waals surface area contributed by atoms with Crippen LogP contribution in [0.4, 0.5) is 26.3 Å². The minimum Gasteiger partial charge on any atom is -0.351 e. The molecule has 0 bridgehead atoms. The highest BCUT2D eigenvalue weighted by Crippen LogP contribution is 2.41. The van der Waals surface area contributed by atoms with E-state index in [1.807, 2.05) is 0 Å². The third-order valence-corrected chi connectivity index (χ3v) is 4.28. The lowest BCUT2D eigenvalue weighted by atomic mass is 10.1. The summed E-state index contributed by atoms with van der Waals surface area (Å²) in [5, 5.41) is 3.02. The molecule has 0 fully saturated rings. The van der Waals surface area contributed by atoms with Crippen LogP contribution in [0.5, 0.6) is 0 Å². The van der Waals surface area contributed by atoms with Gasteiger partial charge < -0.3 is 4.52 Å². The average molecular weight is 396 g/mol. The van der Waals surface area contributed by atoms with Crippen LogP contribution in [-0.4, -0.2) is 17.1 Å². The number of aromatic nitrogens is 1. The van der Waals surface area contributed by atoms with Crippen molar-refractivity contribution in [2.24, 2.45) is 0 Å². The van der Waals surface area contributed by atoms with Crippen molar-refractivity contribution in [2.75, 3.05) is 0 Å². The normalized spacial score (nSPS) is 13.6. The highest BCUT2D eigenvalue weighted by molar-refractivity contribution is 8.00. The van der Waals surface area contributed by atoms with Gasteiger partial charge in [-0.3, -0.25) is 0 Å². The fraction of sp³-hybridized carbons (Fsp3) is 0.250. The van der Waals surface area contributed by atoms with Crippen molar-refractivity contribution < 1.29 is 30.9 Å². The minimum absolute atomic E-state index is 0.0562. The Bertz CT molecular complexity index is 705. The van der Waals surface area contributed by atoms with Gasteiger partial charge in [-0.25, -0.2) is 13.2 Å². The number of rotatable bonds is 4. The third-order valence-electron chi connectivity index (χ3n) is 2.52. The third kappa shape index (κ3) is 4.27. The SMILES string of the molecule is FC(F)C(F)Sc1cc(-c2cc(C(F)(F)F)on2)c(Cl)cc1Cl. The molecular weight excluding hydrogens is 391 g/mol. The molecule has 0 spiro atoms. The molecule has 23 heavy (non-hydrogen) atoms.